The van der Waals surface area contributed by atoms with Crippen molar-refractivity contribution < 1.29 is 4.43 Å². The first-order valence-corrected chi connectivity index (χ1v) is 8.52. The van der Waals surface area contributed by atoms with E-state index in [0.717, 1.165) is 4.74 Å². The molecule has 1 nitrogen and oxygen atoms in total. The van der Waals surface area contributed by atoms with Crippen LogP contribution < -0.4 is 0 Å². The van der Waals surface area contributed by atoms with Gasteiger partial charge in [-0.05, 0) is 13.1 Å². The molecule has 0 aromatic rings. The minimum Gasteiger partial charge on any atom is -0.447 e. The number of hydrogen-bond donors (Lipinski definition) is 0. The highest BCUT2D eigenvalue weighted by Crippen LogP contribution is 2.19. The van der Waals surface area contributed by atoms with Crippen LogP contribution in [0.3, 0.4) is 0 Å². The first kappa shape index (κ1) is 14.9. The van der Waals surface area contributed by atoms with Crippen LogP contribution in [0.15, 0.2) is 0 Å². The van der Waals surface area contributed by atoms with Crippen LogP contribution in [0, 0.1) is 0 Å². The molecule has 0 aliphatic carbocycles. The van der Waals surface area contributed by atoms with Crippen molar-refractivity contribution in [3.8, 4) is 0 Å². The Hall–Kier alpha value is 1.42. The Kier molecular flexibility index (Phi) is 9.34. The summed E-state index contributed by atoms with van der Waals surface area (Å²) >= 11 is 0.0193. The second-order valence-corrected chi connectivity index (χ2v) is 9.69. The van der Waals surface area contributed by atoms with E-state index in [1.165, 1.54) is 0 Å². The molecule has 0 heterocycles. The molecule has 0 spiro atoms. The maximum absolute atomic E-state index is 5.62. The van der Waals surface area contributed by atoms with Crippen LogP contribution >= 0.6 is 17.0 Å². The lowest BCUT2D eigenvalue weighted by Gasteiger charge is -2.17. The van der Waals surface area contributed by atoms with Gasteiger partial charge in [0.25, 0.3) is 0 Å². The van der Waals surface area contributed by atoms with Gasteiger partial charge in [0.15, 0.2) is 9.04 Å². The van der Waals surface area contributed by atoms with Gasteiger partial charge in [-0.1, -0.05) is 25.5 Å². The SMILES string of the molecule is Br.C[SiH](C)O[CH2][Mg][C](C)(C)C. The first-order chi connectivity index (χ1) is 4.42. The Labute approximate surface area is 92.5 Å². The van der Waals surface area contributed by atoms with Gasteiger partial charge in [0.2, 0.25) is 0 Å². The van der Waals surface area contributed by atoms with E-state index in [2.05, 4.69) is 33.9 Å². The Morgan fingerprint density at radius 3 is 2.00 bits per heavy atom. The fourth-order valence-electron chi connectivity index (χ4n) is 0.601. The van der Waals surface area contributed by atoms with Crippen molar-refractivity contribution in [2.24, 2.45) is 0 Å². The van der Waals surface area contributed by atoms with Crippen LogP contribution in [0.25, 0.3) is 0 Å². The van der Waals surface area contributed by atoms with Crippen molar-refractivity contribution in [3.63, 3.8) is 0 Å². The summed E-state index contributed by atoms with van der Waals surface area (Å²) in [6, 6.07) is 0. The number of halogens is 1. The summed E-state index contributed by atoms with van der Waals surface area (Å²) in [7, 11) is -0.725. The predicted octanol–water partition coefficient (Wildman–Crippen LogP) is 2.44. The summed E-state index contributed by atoms with van der Waals surface area (Å²) < 4.78 is 7.28. The Morgan fingerprint density at radius 2 is 1.73 bits per heavy atom. The van der Waals surface area contributed by atoms with Crippen molar-refractivity contribution in [1.82, 2.24) is 0 Å². The summed E-state index contributed by atoms with van der Waals surface area (Å²) in [6.45, 7) is 11.4. The van der Waals surface area contributed by atoms with Gasteiger partial charge in [-0.2, -0.15) is 0 Å². The average Bonchev–Trinajstić information content (AvgIpc) is 1.59. The van der Waals surface area contributed by atoms with Gasteiger partial charge in [0.1, 0.15) is 0 Å². The topological polar surface area (TPSA) is 9.23 Å². The third-order valence-corrected chi connectivity index (χ3v) is 4.62. The van der Waals surface area contributed by atoms with Gasteiger partial charge in [0.05, 0.1) is 0 Å². The van der Waals surface area contributed by atoms with Gasteiger partial charge in [-0.25, -0.2) is 0 Å². The molecule has 0 unspecified atom stereocenters. The van der Waals surface area contributed by atoms with Crippen LogP contribution in [0.4, 0.5) is 0 Å². The van der Waals surface area contributed by atoms with Crippen molar-refractivity contribution in [2.45, 2.75) is 37.4 Å². The van der Waals surface area contributed by atoms with Gasteiger partial charge < -0.3 is 4.43 Å². The minimum atomic E-state index is -0.725. The second kappa shape index (κ2) is 6.89. The molecule has 0 saturated heterocycles. The lowest BCUT2D eigenvalue weighted by atomic mass is 10.2. The molecule has 66 valence electrons. The Bertz CT molecular complexity index is 92.9. The molecular weight excluding hydrogens is 232 g/mol. The van der Waals surface area contributed by atoms with Crippen molar-refractivity contribution in [2.75, 3.05) is 4.74 Å². The predicted molar refractivity (Wildman–Crippen MR) is 60.6 cm³/mol. The van der Waals surface area contributed by atoms with E-state index in [9.17, 15) is 0 Å². The molecule has 11 heavy (non-hydrogen) atoms. The van der Waals surface area contributed by atoms with E-state index in [4.69, 9.17) is 4.43 Å². The van der Waals surface area contributed by atoms with Crippen molar-refractivity contribution in [3.05, 3.63) is 0 Å². The standard InChI is InChI=1S/C4H9.C3H9OSi.BrH.Mg/c1-4(2)3;1-4-5(2)3;;/h1-3H3;5H,1H2,2-3H3;1H;. The molecule has 0 N–H and O–H groups in total. The molecule has 0 radical (unpaired) electrons. The van der Waals surface area contributed by atoms with E-state index in [-0.39, 0.29) is 37.3 Å². The maximum atomic E-state index is 5.62. The van der Waals surface area contributed by atoms with E-state index < -0.39 is 9.04 Å². The zero-order valence-electron chi connectivity index (χ0n) is 8.31. The summed E-state index contributed by atoms with van der Waals surface area (Å²) in [6.07, 6.45) is 0. The maximum Gasteiger partial charge on any atom is 0.410 e. The third-order valence-electron chi connectivity index (χ3n) is 1.30. The zero-order chi connectivity index (χ0) is 8.20. The van der Waals surface area contributed by atoms with Crippen LogP contribution in [0.1, 0.15) is 20.8 Å². The van der Waals surface area contributed by atoms with E-state index >= 15 is 0 Å². The molecule has 0 rings (SSSR count). The normalized spacial score (nSPS) is 10.7. The third kappa shape index (κ3) is 14.3. The van der Waals surface area contributed by atoms with Crippen LogP contribution in [-0.4, -0.2) is 34.1 Å². The van der Waals surface area contributed by atoms with Crippen LogP contribution in [-0.2, 0) is 4.43 Å². The zero-order valence-corrected chi connectivity index (χ0v) is 12.6. The summed E-state index contributed by atoms with van der Waals surface area (Å²) in [4.78, 5) is 0. The smallest absolute Gasteiger partial charge is 0.410 e. The summed E-state index contributed by atoms with van der Waals surface area (Å²) in [5, 5.41) is 0. The van der Waals surface area contributed by atoms with Crippen molar-refractivity contribution in [1.29, 1.82) is 0 Å². The second-order valence-electron chi connectivity index (χ2n) is 4.23. The lowest BCUT2D eigenvalue weighted by Crippen LogP contribution is -2.19. The molecule has 0 fully saturated rings. The van der Waals surface area contributed by atoms with Gasteiger partial charge in [-0.15, -0.1) is 20.5 Å². The molecule has 0 bridgehead atoms. The largest absolute Gasteiger partial charge is 0.447 e. The van der Waals surface area contributed by atoms with E-state index in [1.54, 1.807) is 0 Å². The van der Waals surface area contributed by atoms with Gasteiger partial charge in [0, 0.05) is 0 Å². The highest BCUT2D eigenvalue weighted by atomic mass is 79.9. The Morgan fingerprint density at radius 1 is 1.27 bits per heavy atom. The first-order valence-electron chi connectivity index (χ1n) is 4.03. The van der Waals surface area contributed by atoms with Crippen LogP contribution in [0.5, 0.6) is 0 Å². The van der Waals surface area contributed by atoms with Crippen LogP contribution in [0.2, 0.25) is 16.6 Å². The van der Waals surface area contributed by atoms with E-state index in [1.807, 2.05) is 0 Å². The quantitative estimate of drug-likeness (QED) is 0.700. The van der Waals surface area contributed by atoms with E-state index in [0.29, 0.717) is 3.54 Å². The molecule has 0 atom stereocenters. The molecule has 0 saturated carbocycles. The average molecular weight is 252 g/mol. The van der Waals surface area contributed by atoms with Gasteiger partial charge in [-0.3, -0.25) is 0 Å². The Balaban J connectivity index is 0. The lowest BCUT2D eigenvalue weighted by molar-refractivity contribution is 0.392. The molecule has 4 heteroatoms. The fraction of sp³-hybridized carbons (Fsp3) is 1.00. The molecule has 0 aromatic carbocycles. The minimum absolute atomic E-state index is 0. The molecule has 0 aromatic heterocycles. The number of hydrogen-bond acceptors (Lipinski definition) is 1. The molecule has 0 aliphatic rings. The van der Waals surface area contributed by atoms with Gasteiger partial charge >= 0.3 is 20.4 Å². The number of rotatable bonds is 3. The molecule has 0 amide bonds. The summed E-state index contributed by atoms with van der Waals surface area (Å²) in [5.41, 5.74) is 0. The monoisotopic (exact) mass is 250 g/mol. The fourth-order valence-corrected chi connectivity index (χ4v) is 3.57. The highest BCUT2D eigenvalue weighted by Gasteiger charge is 2.14. The highest BCUT2D eigenvalue weighted by molar-refractivity contribution is 8.93. The van der Waals surface area contributed by atoms with Crippen molar-refractivity contribution >= 4 is 46.4 Å². The molecular formula is C7H19BrMgOSi. The summed E-state index contributed by atoms with van der Waals surface area (Å²) in [5.74, 6) is 0. The molecule has 0 aliphatic heterocycles.